The van der Waals surface area contributed by atoms with Crippen LogP contribution in [0.4, 0.5) is 0 Å². The van der Waals surface area contributed by atoms with Crippen molar-refractivity contribution < 1.29 is 18.0 Å². The second-order valence-corrected chi connectivity index (χ2v) is 7.90. The SMILES string of the molecule is Cc1ccc(S(=O)(=O)N(C)CC(=O)NNC(=O)/C=C/c2ccccc2)cc1. The summed E-state index contributed by atoms with van der Waals surface area (Å²) in [6.45, 7) is 1.42. The molecule has 7 nitrogen and oxygen atoms in total. The number of hydrogen-bond donors (Lipinski definition) is 2. The lowest BCUT2D eigenvalue weighted by Crippen LogP contribution is -2.46. The summed E-state index contributed by atoms with van der Waals surface area (Å²) in [4.78, 5) is 23.7. The topological polar surface area (TPSA) is 95.6 Å². The molecule has 0 saturated carbocycles. The number of rotatable bonds is 6. The number of carbonyl (C=O) groups excluding carboxylic acids is 2. The van der Waals surface area contributed by atoms with Gasteiger partial charge >= 0.3 is 0 Å². The number of carbonyl (C=O) groups is 2. The van der Waals surface area contributed by atoms with Gasteiger partial charge in [0.2, 0.25) is 10.0 Å². The first-order valence-electron chi connectivity index (χ1n) is 8.14. The molecule has 2 rings (SSSR count). The first kappa shape index (κ1) is 20.3. The molecule has 0 radical (unpaired) electrons. The van der Waals surface area contributed by atoms with Gasteiger partial charge in [0, 0.05) is 13.1 Å². The number of benzene rings is 2. The molecule has 0 aromatic heterocycles. The van der Waals surface area contributed by atoms with Gasteiger partial charge in [-0.15, -0.1) is 0 Å². The Morgan fingerprint density at radius 3 is 2.26 bits per heavy atom. The molecule has 0 atom stereocenters. The zero-order valence-electron chi connectivity index (χ0n) is 15.0. The molecule has 0 unspecified atom stereocenters. The maximum Gasteiger partial charge on any atom is 0.262 e. The summed E-state index contributed by atoms with van der Waals surface area (Å²) in [6, 6.07) is 15.5. The predicted octanol–water partition coefficient (Wildman–Crippen LogP) is 1.48. The molecule has 142 valence electrons. The zero-order valence-corrected chi connectivity index (χ0v) is 15.9. The van der Waals surface area contributed by atoms with Gasteiger partial charge in [-0.05, 0) is 30.7 Å². The number of hydrazine groups is 1. The van der Waals surface area contributed by atoms with Crippen LogP contribution in [0.5, 0.6) is 0 Å². The van der Waals surface area contributed by atoms with Crippen LogP contribution >= 0.6 is 0 Å². The minimum absolute atomic E-state index is 0.0956. The lowest BCUT2D eigenvalue weighted by atomic mass is 10.2. The van der Waals surface area contributed by atoms with Gasteiger partial charge in [-0.3, -0.25) is 20.4 Å². The highest BCUT2D eigenvalue weighted by Gasteiger charge is 2.22. The second kappa shape index (κ2) is 9.11. The lowest BCUT2D eigenvalue weighted by molar-refractivity contribution is -0.126. The first-order valence-corrected chi connectivity index (χ1v) is 9.58. The highest BCUT2D eigenvalue weighted by atomic mass is 32.2. The average Bonchev–Trinajstić information content (AvgIpc) is 2.66. The number of nitrogens with zero attached hydrogens (tertiary/aromatic N) is 1. The minimum Gasteiger partial charge on any atom is -0.272 e. The van der Waals surface area contributed by atoms with Crippen molar-refractivity contribution in [1.29, 1.82) is 0 Å². The average molecular weight is 387 g/mol. The molecule has 0 heterocycles. The van der Waals surface area contributed by atoms with Gasteiger partial charge in [0.25, 0.3) is 11.8 Å². The van der Waals surface area contributed by atoms with Crippen molar-refractivity contribution in [2.24, 2.45) is 0 Å². The van der Waals surface area contributed by atoms with Gasteiger partial charge in [-0.25, -0.2) is 8.42 Å². The zero-order chi connectivity index (χ0) is 19.9. The van der Waals surface area contributed by atoms with E-state index in [1.165, 1.54) is 25.3 Å². The van der Waals surface area contributed by atoms with Gasteiger partial charge in [0.05, 0.1) is 11.4 Å². The fourth-order valence-corrected chi connectivity index (χ4v) is 3.25. The summed E-state index contributed by atoms with van der Waals surface area (Å²) in [5, 5.41) is 0. The highest BCUT2D eigenvalue weighted by molar-refractivity contribution is 7.89. The monoisotopic (exact) mass is 387 g/mol. The fraction of sp³-hybridized carbons (Fsp3) is 0.158. The molecule has 0 saturated heterocycles. The Balaban J connectivity index is 1.86. The standard InChI is InChI=1S/C19H21N3O4S/c1-15-8-11-17(12-9-15)27(25,26)22(2)14-19(24)21-20-18(23)13-10-16-6-4-3-5-7-16/h3-13H,14H2,1-2H3,(H,20,23)(H,21,24)/b13-10+. The van der Waals surface area contributed by atoms with E-state index in [9.17, 15) is 18.0 Å². The first-order chi connectivity index (χ1) is 12.8. The van der Waals surface area contributed by atoms with Crippen molar-refractivity contribution in [3.05, 3.63) is 71.8 Å². The highest BCUT2D eigenvalue weighted by Crippen LogP contribution is 2.14. The third-order valence-electron chi connectivity index (χ3n) is 3.65. The summed E-state index contributed by atoms with van der Waals surface area (Å²) in [5.41, 5.74) is 6.16. The largest absolute Gasteiger partial charge is 0.272 e. The van der Waals surface area contributed by atoms with Crippen LogP contribution in [0.3, 0.4) is 0 Å². The Hall–Kier alpha value is -2.97. The van der Waals surface area contributed by atoms with Crippen LogP contribution in [0.25, 0.3) is 6.08 Å². The third-order valence-corrected chi connectivity index (χ3v) is 5.46. The van der Waals surface area contributed by atoms with Crippen LogP contribution in [0.2, 0.25) is 0 Å². The molecule has 0 aliphatic heterocycles. The molecule has 0 bridgehead atoms. The smallest absolute Gasteiger partial charge is 0.262 e. The van der Waals surface area contributed by atoms with Crippen LogP contribution in [-0.4, -0.2) is 38.1 Å². The predicted molar refractivity (Wildman–Crippen MR) is 103 cm³/mol. The molecule has 0 fully saturated rings. The maximum absolute atomic E-state index is 12.4. The fourth-order valence-electron chi connectivity index (χ4n) is 2.13. The molecular weight excluding hydrogens is 366 g/mol. The Bertz CT molecular complexity index is 923. The van der Waals surface area contributed by atoms with Crippen molar-refractivity contribution >= 4 is 27.9 Å². The third kappa shape index (κ3) is 6.05. The van der Waals surface area contributed by atoms with E-state index in [2.05, 4.69) is 10.9 Å². The van der Waals surface area contributed by atoms with Gasteiger partial charge in [-0.1, -0.05) is 48.0 Å². The molecule has 27 heavy (non-hydrogen) atoms. The molecule has 2 amide bonds. The van der Waals surface area contributed by atoms with E-state index in [1.807, 2.05) is 37.3 Å². The van der Waals surface area contributed by atoms with E-state index in [4.69, 9.17) is 0 Å². The van der Waals surface area contributed by atoms with E-state index in [1.54, 1.807) is 18.2 Å². The molecule has 0 aliphatic carbocycles. The number of amides is 2. The summed E-state index contributed by atoms with van der Waals surface area (Å²) < 4.78 is 25.8. The minimum atomic E-state index is -3.79. The van der Waals surface area contributed by atoms with E-state index in [-0.39, 0.29) is 4.90 Å². The van der Waals surface area contributed by atoms with Gasteiger partial charge in [0.1, 0.15) is 0 Å². The molecule has 0 spiro atoms. The summed E-state index contributed by atoms with van der Waals surface area (Å²) in [5.74, 6) is -1.19. The van der Waals surface area contributed by atoms with E-state index in [0.29, 0.717) is 0 Å². The Morgan fingerprint density at radius 2 is 1.63 bits per heavy atom. The summed E-state index contributed by atoms with van der Waals surface area (Å²) >= 11 is 0. The summed E-state index contributed by atoms with van der Waals surface area (Å²) in [7, 11) is -2.49. The van der Waals surface area contributed by atoms with E-state index < -0.39 is 28.4 Å². The number of sulfonamides is 1. The van der Waals surface area contributed by atoms with Gasteiger partial charge in [-0.2, -0.15) is 4.31 Å². The molecule has 2 aromatic carbocycles. The molecular formula is C19H21N3O4S. The van der Waals surface area contributed by atoms with Crippen molar-refractivity contribution in [3.8, 4) is 0 Å². The van der Waals surface area contributed by atoms with Crippen LogP contribution in [-0.2, 0) is 19.6 Å². The quantitative estimate of drug-likeness (QED) is 0.580. The van der Waals surface area contributed by atoms with Crippen LogP contribution in [0.1, 0.15) is 11.1 Å². The molecule has 2 N–H and O–H groups in total. The van der Waals surface area contributed by atoms with Crippen molar-refractivity contribution in [1.82, 2.24) is 15.2 Å². The normalized spacial score (nSPS) is 11.5. The van der Waals surface area contributed by atoms with Crippen molar-refractivity contribution in [3.63, 3.8) is 0 Å². The van der Waals surface area contributed by atoms with Crippen LogP contribution in [0, 0.1) is 6.92 Å². The number of nitrogens with one attached hydrogen (secondary N) is 2. The Morgan fingerprint density at radius 1 is 1.00 bits per heavy atom. The van der Waals surface area contributed by atoms with E-state index >= 15 is 0 Å². The van der Waals surface area contributed by atoms with Gasteiger partial charge in [0.15, 0.2) is 0 Å². The second-order valence-electron chi connectivity index (χ2n) is 5.86. The van der Waals surface area contributed by atoms with E-state index in [0.717, 1.165) is 15.4 Å². The van der Waals surface area contributed by atoms with Gasteiger partial charge < -0.3 is 0 Å². The Kier molecular flexibility index (Phi) is 6.86. The molecule has 8 heteroatoms. The van der Waals surface area contributed by atoms with Crippen LogP contribution < -0.4 is 10.9 Å². The van der Waals surface area contributed by atoms with Crippen molar-refractivity contribution in [2.75, 3.05) is 13.6 Å². The number of aryl methyl sites for hydroxylation is 1. The van der Waals surface area contributed by atoms with Crippen molar-refractivity contribution in [2.45, 2.75) is 11.8 Å². The number of likely N-dealkylation sites (N-methyl/N-ethyl adjacent to an activating group) is 1. The van der Waals surface area contributed by atoms with Crippen LogP contribution in [0.15, 0.2) is 65.6 Å². The summed E-state index contributed by atoms with van der Waals surface area (Å²) in [6.07, 6.45) is 2.86. The molecule has 2 aromatic rings. The molecule has 0 aliphatic rings. The Labute approximate surface area is 158 Å². The lowest BCUT2D eigenvalue weighted by Gasteiger charge is -2.17. The maximum atomic E-state index is 12.4. The number of hydrogen-bond acceptors (Lipinski definition) is 4.